The Morgan fingerprint density at radius 3 is 2.42 bits per heavy atom. The average molecular weight is 539 g/mol. The lowest BCUT2D eigenvalue weighted by molar-refractivity contribution is 0.0985. The van der Waals surface area contributed by atoms with Gasteiger partial charge in [0.25, 0.3) is 0 Å². The standard InChI is InChI=1S/C26H30N6O5S/c1-17-16-37-13-12-32(17)22-14-21(26(10-11-26)38(3,34)35)30-24(31-22)18-4-6-19(7-5-18)28-25(33)29-20-8-9-23(36-2)27-15-20/h4-9,14-15,17H,10-13,16H2,1-3H3,(H2,28,29,33)/t17-/m0/s1. The Labute approximate surface area is 221 Å². The molecule has 11 nitrogen and oxygen atoms in total. The van der Waals surface area contributed by atoms with Crippen molar-refractivity contribution in [3.05, 3.63) is 54.4 Å². The second-order valence-electron chi connectivity index (χ2n) is 9.56. The number of rotatable bonds is 7. The second kappa shape index (κ2) is 10.2. The van der Waals surface area contributed by atoms with Gasteiger partial charge in [-0.05, 0) is 50.1 Å². The van der Waals surface area contributed by atoms with Crippen LogP contribution in [0.1, 0.15) is 25.5 Å². The van der Waals surface area contributed by atoms with Crippen molar-refractivity contribution < 1.29 is 22.7 Å². The van der Waals surface area contributed by atoms with E-state index in [1.165, 1.54) is 19.6 Å². The van der Waals surface area contributed by atoms with Gasteiger partial charge in [0.15, 0.2) is 15.7 Å². The number of ether oxygens (including phenoxy) is 2. The SMILES string of the molecule is COc1ccc(NC(=O)Nc2ccc(-c3nc(N4CCOC[C@@H]4C)cc(C4(S(C)(=O)=O)CC4)n3)cc2)cn1. The van der Waals surface area contributed by atoms with Crippen molar-refractivity contribution in [2.24, 2.45) is 0 Å². The molecule has 2 aromatic heterocycles. The third-order valence-electron chi connectivity index (χ3n) is 6.86. The molecular weight excluding hydrogens is 508 g/mol. The molecule has 1 aliphatic carbocycles. The van der Waals surface area contributed by atoms with Crippen LogP contribution in [-0.2, 0) is 19.3 Å². The molecule has 1 atom stereocenters. The molecular formula is C26H30N6O5S. The quantitative estimate of drug-likeness (QED) is 0.464. The molecule has 0 bridgehead atoms. The number of carbonyl (C=O) groups excluding carboxylic acids is 1. The Kier molecular flexibility index (Phi) is 6.93. The Balaban J connectivity index is 1.39. The van der Waals surface area contributed by atoms with Crippen molar-refractivity contribution in [3.8, 4) is 17.3 Å². The van der Waals surface area contributed by atoms with E-state index in [0.29, 0.717) is 72.8 Å². The average Bonchev–Trinajstić information content (AvgIpc) is 3.72. The van der Waals surface area contributed by atoms with Crippen LogP contribution in [0.25, 0.3) is 11.4 Å². The van der Waals surface area contributed by atoms with Gasteiger partial charge in [0, 0.05) is 36.2 Å². The summed E-state index contributed by atoms with van der Waals surface area (Å²) in [7, 11) is -1.83. The van der Waals surface area contributed by atoms with Crippen LogP contribution in [0.4, 0.5) is 22.0 Å². The number of pyridine rings is 1. The molecule has 0 unspecified atom stereocenters. The summed E-state index contributed by atoms with van der Waals surface area (Å²) in [5.41, 5.74) is 2.33. The third-order valence-corrected chi connectivity index (χ3v) is 8.90. The Hall–Kier alpha value is -3.77. The highest BCUT2D eigenvalue weighted by Gasteiger charge is 2.55. The van der Waals surface area contributed by atoms with Gasteiger partial charge in [-0.1, -0.05) is 0 Å². The minimum absolute atomic E-state index is 0.0960. The molecule has 2 aliphatic rings. The van der Waals surface area contributed by atoms with Crippen LogP contribution in [0.2, 0.25) is 0 Å². The fraction of sp³-hybridized carbons (Fsp3) is 0.385. The number of urea groups is 1. The number of anilines is 3. The van der Waals surface area contributed by atoms with Crippen LogP contribution in [0.5, 0.6) is 5.88 Å². The molecule has 2 N–H and O–H groups in total. The highest BCUT2D eigenvalue weighted by atomic mass is 32.2. The molecule has 2 amide bonds. The van der Waals surface area contributed by atoms with E-state index in [4.69, 9.17) is 19.4 Å². The maximum atomic E-state index is 12.7. The normalized spacial score (nSPS) is 18.5. The van der Waals surface area contributed by atoms with E-state index in [2.05, 4.69) is 27.4 Å². The number of hydrogen-bond acceptors (Lipinski definition) is 9. The van der Waals surface area contributed by atoms with E-state index in [1.54, 1.807) is 36.4 Å². The van der Waals surface area contributed by atoms with Crippen LogP contribution >= 0.6 is 0 Å². The Bertz CT molecular complexity index is 1430. The Morgan fingerprint density at radius 1 is 1.11 bits per heavy atom. The van der Waals surface area contributed by atoms with Gasteiger partial charge >= 0.3 is 6.03 Å². The van der Waals surface area contributed by atoms with E-state index in [9.17, 15) is 13.2 Å². The summed E-state index contributed by atoms with van der Waals surface area (Å²) in [6, 6.07) is 11.9. The van der Waals surface area contributed by atoms with Crippen molar-refractivity contribution >= 4 is 33.1 Å². The maximum absolute atomic E-state index is 12.7. The van der Waals surface area contributed by atoms with E-state index in [1.807, 2.05) is 6.07 Å². The lowest BCUT2D eigenvalue weighted by Crippen LogP contribution is -2.44. The van der Waals surface area contributed by atoms with Crippen molar-refractivity contribution in [3.63, 3.8) is 0 Å². The van der Waals surface area contributed by atoms with Gasteiger partial charge in [0.1, 0.15) is 10.6 Å². The lowest BCUT2D eigenvalue weighted by atomic mass is 10.1. The van der Waals surface area contributed by atoms with Crippen molar-refractivity contribution in [1.82, 2.24) is 15.0 Å². The third kappa shape index (κ3) is 5.27. The zero-order valence-electron chi connectivity index (χ0n) is 21.5. The van der Waals surface area contributed by atoms with Crippen LogP contribution < -0.4 is 20.3 Å². The minimum atomic E-state index is -3.35. The molecule has 0 radical (unpaired) electrons. The van der Waals surface area contributed by atoms with Crippen LogP contribution in [0, 0.1) is 0 Å². The van der Waals surface area contributed by atoms with Crippen molar-refractivity contribution in [2.45, 2.75) is 30.6 Å². The van der Waals surface area contributed by atoms with Gasteiger partial charge in [0.05, 0.1) is 43.9 Å². The number of nitrogens with one attached hydrogen (secondary N) is 2. The molecule has 3 heterocycles. The number of nitrogens with zero attached hydrogens (tertiary/aromatic N) is 4. The largest absolute Gasteiger partial charge is 0.481 e. The first-order valence-corrected chi connectivity index (χ1v) is 14.2. The first-order chi connectivity index (χ1) is 18.2. The van der Waals surface area contributed by atoms with Gasteiger partial charge in [-0.3, -0.25) is 0 Å². The highest BCUT2D eigenvalue weighted by Crippen LogP contribution is 2.52. The molecule has 0 spiro atoms. The number of carbonyl (C=O) groups is 1. The summed E-state index contributed by atoms with van der Waals surface area (Å²) in [6.45, 7) is 3.86. The van der Waals surface area contributed by atoms with Gasteiger partial charge in [-0.25, -0.2) is 28.2 Å². The second-order valence-corrected chi connectivity index (χ2v) is 11.9. The van der Waals surface area contributed by atoms with Gasteiger partial charge in [-0.2, -0.15) is 0 Å². The molecule has 5 rings (SSSR count). The van der Waals surface area contributed by atoms with E-state index >= 15 is 0 Å². The molecule has 38 heavy (non-hydrogen) atoms. The number of methoxy groups -OCH3 is 1. The van der Waals surface area contributed by atoms with E-state index < -0.39 is 20.6 Å². The summed E-state index contributed by atoms with van der Waals surface area (Å²) < 4.78 is 35.0. The lowest BCUT2D eigenvalue weighted by Gasteiger charge is -2.34. The molecule has 1 aromatic carbocycles. The summed E-state index contributed by atoms with van der Waals surface area (Å²) in [5, 5.41) is 5.50. The van der Waals surface area contributed by atoms with Gasteiger partial charge in [-0.15, -0.1) is 0 Å². The number of amides is 2. The topological polar surface area (TPSA) is 136 Å². The van der Waals surface area contributed by atoms with Gasteiger partial charge in [0.2, 0.25) is 5.88 Å². The van der Waals surface area contributed by atoms with Crippen LogP contribution in [0.15, 0.2) is 48.7 Å². The molecule has 1 aliphatic heterocycles. The van der Waals surface area contributed by atoms with Crippen molar-refractivity contribution in [2.75, 3.05) is 48.7 Å². The summed E-state index contributed by atoms with van der Waals surface area (Å²) in [5.74, 6) is 1.57. The summed E-state index contributed by atoms with van der Waals surface area (Å²) >= 11 is 0. The molecule has 12 heteroatoms. The zero-order valence-corrected chi connectivity index (χ0v) is 22.3. The van der Waals surface area contributed by atoms with Gasteiger partial charge < -0.3 is 25.0 Å². The fourth-order valence-electron chi connectivity index (χ4n) is 4.51. The number of aromatic nitrogens is 3. The molecule has 1 saturated heterocycles. The van der Waals surface area contributed by atoms with E-state index in [0.717, 1.165) is 0 Å². The Morgan fingerprint density at radius 2 is 1.82 bits per heavy atom. The zero-order chi connectivity index (χ0) is 26.9. The summed E-state index contributed by atoms with van der Waals surface area (Å²) in [6.07, 6.45) is 3.86. The predicted octanol–water partition coefficient (Wildman–Crippen LogP) is 3.45. The van der Waals surface area contributed by atoms with Crippen LogP contribution in [0.3, 0.4) is 0 Å². The molecule has 3 aromatic rings. The first-order valence-electron chi connectivity index (χ1n) is 12.3. The number of hydrogen-bond donors (Lipinski definition) is 2. The van der Waals surface area contributed by atoms with Crippen molar-refractivity contribution in [1.29, 1.82) is 0 Å². The first kappa shape index (κ1) is 25.9. The monoisotopic (exact) mass is 538 g/mol. The van der Waals surface area contributed by atoms with Crippen LogP contribution in [-0.4, -0.2) is 68.6 Å². The number of benzene rings is 1. The highest BCUT2D eigenvalue weighted by molar-refractivity contribution is 7.91. The molecule has 2 fully saturated rings. The fourth-order valence-corrected chi connectivity index (χ4v) is 5.84. The maximum Gasteiger partial charge on any atom is 0.323 e. The molecule has 1 saturated carbocycles. The smallest absolute Gasteiger partial charge is 0.323 e. The minimum Gasteiger partial charge on any atom is -0.481 e. The predicted molar refractivity (Wildman–Crippen MR) is 144 cm³/mol. The number of morpholine rings is 1. The summed E-state index contributed by atoms with van der Waals surface area (Å²) in [4.78, 5) is 28.1. The van der Waals surface area contributed by atoms with E-state index in [-0.39, 0.29) is 6.04 Å². The molecule has 200 valence electrons. The number of sulfone groups is 1.